The maximum absolute atomic E-state index is 6.13. The monoisotopic (exact) mass is 308 g/mol. The number of halogens is 2. The van der Waals surface area contributed by atoms with Crippen molar-refractivity contribution in [3.05, 3.63) is 46.3 Å². The molecule has 0 saturated carbocycles. The van der Waals surface area contributed by atoms with E-state index in [-0.39, 0.29) is 0 Å². The molecule has 2 aromatic heterocycles. The number of unbranched alkanes of at least 4 members (excludes halogenated alkanes) is 3. The van der Waals surface area contributed by atoms with Crippen LogP contribution in [0.4, 0.5) is 0 Å². The Balaban J connectivity index is 2.12. The fourth-order valence-electron chi connectivity index (χ4n) is 2.14. The summed E-state index contributed by atoms with van der Waals surface area (Å²) >= 11 is 11.9. The first-order chi connectivity index (χ1) is 9.70. The minimum absolute atomic E-state index is 0.396. The molecule has 0 aromatic carbocycles. The van der Waals surface area contributed by atoms with Crippen LogP contribution in [0.15, 0.2) is 30.5 Å². The quantitative estimate of drug-likeness (QED) is 0.514. The predicted molar refractivity (Wildman–Crippen MR) is 85.3 cm³/mol. The second-order valence-corrected chi connectivity index (χ2v) is 5.58. The van der Waals surface area contributed by atoms with Crippen LogP contribution in [-0.4, -0.2) is 9.97 Å². The first-order valence-corrected chi connectivity index (χ1v) is 7.73. The Morgan fingerprint density at radius 2 is 1.90 bits per heavy atom. The highest BCUT2D eigenvalue weighted by atomic mass is 35.5. The largest absolute Gasteiger partial charge is 0.256 e. The van der Waals surface area contributed by atoms with Gasteiger partial charge in [-0.25, -0.2) is 4.98 Å². The third kappa shape index (κ3) is 4.19. The first-order valence-electron chi connectivity index (χ1n) is 6.98. The third-order valence-electron chi connectivity index (χ3n) is 3.23. The van der Waals surface area contributed by atoms with E-state index in [2.05, 4.69) is 29.0 Å². The van der Waals surface area contributed by atoms with Gasteiger partial charge in [-0.15, -0.1) is 0 Å². The van der Waals surface area contributed by atoms with E-state index in [1.165, 1.54) is 31.2 Å². The van der Waals surface area contributed by atoms with Crippen molar-refractivity contribution in [3.8, 4) is 11.3 Å². The van der Waals surface area contributed by atoms with Crippen LogP contribution in [0.3, 0.4) is 0 Å². The molecule has 2 aromatic rings. The molecule has 106 valence electrons. The second-order valence-electron chi connectivity index (χ2n) is 4.83. The van der Waals surface area contributed by atoms with Crippen molar-refractivity contribution in [2.24, 2.45) is 0 Å². The zero-order chi connectivity index (χ0) is 14.4. The highest BCUT2D eigenvalue weighted by Crippen LogP contribution is 2.27. The van der Waals surface area contributed by atoms with Gasteiger partial charge in [0, 0.05) is 11.8 Å². The number of hydrogen-bond donors (Lipinski definition) is 0. The molecule has 0 fully saturated rings. The van der Waals surface area contributed by atoms with Crippen LogP contribution in [0.5, 0.6) is 0 Å². The van der Waals surface area contributed by atoms with Crippen LogP contribution in [0.2, 0.25) is 10.3 Å². The molecule has 4 heteroatoms. The number of aryl methyl sites for hydroxylation is 1. The van der Waals surface area contributed by atoms with E-state index in [1.54, 1.807) is 6.07 Å². The fraction of sp³-hybridized carbons (Fsp3) is 0.375. The van der Waals surface area contributed by atoms with Gasteiger partial charge in [-0.2, -0.15) is 0 Å². The molecule has 0 amide bonds. The number of rotatable bonds is 6. The van der Waals surface area contributed by atoms with E-state index in [0.29, 0.717) is 10.3 Å². The molecular formula is C16H18Cl2N2. The molecular weight excluding hydrogens is 291 g/mol. The Labute approximate surface area is 130 Å². The normalized spacial score (nSPS) is 10.8. The third-order valence-corrected chi connectivity index (χ3v) is 3.73. The van der Waals surface area contributed by atoms with Gasteiger partial charge in [0.25, 0.3) is 0 Å². The van der Waals surface area contributed by atoms with Gasteiger partial charge in [0.2, 0.25) is 0 Å². The van der Waals surface area contributed by atoms with Crippen LogP contribution in [0.1, 0.15) is 38.2 Å². The van der Waals surface area contributed by atoms with Crippen molar-refractivity contribution in [1.29, 1.82) is 0 Å². The smallest absolute Gasteiger partial charge is 0.140 e. The SMILES string of the molecule is CCCCCCc1ccnc(-c2ccc(Cl)nc2Cl)c1. The van der Waals surface area contributed by atoms with E-state index in [9.17, 15) is 0 Å². The molecule has 0 spiro atoms. The Kier molecular flexibility index (Phi) is 5.81. The van der Waals surface area contributed by atoms with E-state index in [4.69, 9.17) is 23.2 Å². The van der Waals surface area contributed by atoms with Gasteiger partial charge in [0.1, 0.15) is 10.3 Å². The summed E-state index contributed by atoms with van der Waals surface area (Å²) in [6.45, 7) is 2.22. The van der Waals surface area contributed by atoms with Gasteiger partial charge in [-0.1, -0.05) is 49.4 Å². The molecule has 0 bridgehead atoms. The summed E-state index contributed by atoms with van der Waals surface area (Å²) in [4.78, 5) is 8.43. The molecule has 2 heterocycles. The molecule has 0 aliphatic carbocycles. The van der Waals surface area contributed by atoms with Crippen molar-refractivity contribution in [3.63, 3.8) is 0 Å². The molecule has 0 radical (unpaired) electrons. The molecule has 2 rings (SSSR count). The highest BCUT2D eigenvalue weighted by Gasteiger charge is 2.07. The van der Waals surface area contributed by atoms with Gasteiger partial charge in [0.05, 0.1) is 5.69 Å². The van der Waals surface area contributed by atoms with Gasteiger partial charge in [-0.05, 0) is 42.7 Å². The van der Waals surface area contributed by atoms with Gasteiger partial charge in [-0.3, -0.25) is 4.98 Å². The minimum Gasteiger partial charge on any atom is -0.256 e. The van der Waals surface area contributed by atoms with Crippen molar-refractivity contribution in [2.75, 3.05) is 0 Å². The molecule has 0 atom stereocenters. The zero-order valence-electron chi connectivity index (χ0n) is 11.6. The summed E-state index contributed by atoms with van der Waals surface area (Å²) in [7, 11) is 0. The number of pyridine rings is 2. The summed E-state index contributed by atoms with van der Waals surface area (Å²) in [5.41, 5.74) is 2.97. The predicted octanol–water partition coefficient (Wildman–Crippen LogP) is 5.57. The average Bonchev–Trinajstić information content (AvgIpc) is 2.44. The standard InChI is InChI=1S/C16H18Cl2N2/c1-2-3-4-5-6-12-9-10-19-14(11-12)13-7-8-15(17)20-16(13)18/h7-11H,2-6H2,1H3. The topological polar surface area (TPSA) is 25.8 Å². The Hall–Kier alpha value is -1.12. The van der Waals surface area contributed by atoms with Crippen LogP contribution >= 0.6 is 23.2 Å². The van der Waals surface area contributed by atoms with Crippen LogP contribution < -0.4 is 0 Å². The molecule has 20 heavy (non-hydrogen) atoms. The van der Waals surface area contributed by atoms with Gasteiger partial charge in [0.15, 0.2) is 0 Å². The highest BCUT2D eigenvalue weighted by molar-refractivity contribution is 6.34. The maximum Gasteiger partial charge on any atom is 0.140 e. The minimum atomic E-state index is 0.396. The Morgan fingerprint density at radius 1 is 1.05 bits per heavy atom. The first kappa shape index (κ1) is 15.3. The Bertz CT molecular complexity index is 570. The Morgan fingerprint density at radius 3 is 2.65 bits per heavy atom. The maximum atomic E-state index is 6.13. The summed E-state index contributed by atoms with van der Waals surface area (Å²) in [6.07, 6.45) is 7.95. The van der Waals surface area contributed by atoms with Crippen molar-refractivity contribution < 1.29 is 0 Å². The van der Waals surface area contributed by atoms with Crippen LogP contribution in [0, 0.1) is 0 Å². The molecule has 0 N–H and O–H groups in total. The summed E-state index contributed by atoms with van der Waals surface area (Å²) < 4.78 is 0. The molecule has 2 nitrogen and oxygen atoms in total. The number of nitrogens with zero attached hydrogens (tertiary/aromatic N) is 2. The van der Waals surface area contributed by atoms with Crippen molar-refractivity contribution >= 4 is 23.2 Å². The lowest BCUT2D eigenvalue weighted by atomic mass is 10.0. The lowest BCUT2D eigenvalue weighted by Crippen LogP contribution is -1.91. The number of aromatic nitrogens is 2. The summed E-state index contributed by atoms with van der Waals surface area (Å²) in [5.74, 6) is 0. The summed E-state index contributed by atoms with van der Waals surface area (Å²) in [5, 5.41) is 0.794. The molecule has 0 unspecified atom stereocenters. The van der Waals surface area contributed by atoms with Crippen LogP contribution in [0.25, 0.3) is 11.3 Å². The van der Waals surface area contributed by atoms with Crippen molar-refractivity contribution in [1.82, 2.24) is 9.97 Å². The summed E-state index contributed by atoms with van der Waals surface area (Å²) in [6, 6.07) is 7.74. The fourth-order valence-corrected chi connectivity index (χ4v) is 2.58. The van der Waals surface area contributed by atoms with Gasteiger partial charge < -0.3 is 0 Å². The molecule has 0 aliphatic heterocycles. The molecule has 0 saturated heterocycles. The van der Waals surface area contributed by atoms with E-state index in [0.717, 1.165) is 17.7 Å². The van der Waals surface area contributed by atoms with E-state index >= 15 is 0 Å². The van der Waals surface area contributed by atoms with Crippen LogP contribution in [-0.2, 0) is 6.42 Å². The van der Waals surface area contributed by atoms with E-state index in [1.807, 2.05) is 12.3 Å². The van der Waals surface area contributed by atoms with Gasteiger partial charge >= 0.3 is 0 Å². The van der Waals surface area contributed by atoms with Crippen molar-refractivity contribution in [2.45, 2.75) is 39.0 Å². The van der Waals surface area contributed by atoms with E-state index < -0.39 is 0 Å². The zero-order valence-corrected chi connectivity index (χ0v) is 13.1. The average molecular weight is 309 g/mol. The number of hydrogen-bond acceptors (Lipinski definition) is 2. The second kappa shape index (κ2) is 7.61. The molecule has 0 aliphatic rings. The lowest BCUT2D eigenvalue weighted by molar-refractivity contribution is 0.666. The lowest BCUT2D eigenvalue weighted by Gasteiger charge is -2.06.